The number of rotatable bonds is 4. The van der Waals surface area contributed by atoms with Crippen molar-refractivity contribution in [2.24, 2.45) is 10.4 Å². The van der Waals surface area contributed by atoms with E-state index in [1.54, 1.807) is 0 Å². The molecule has 0 unspecified atom stereocenters. The molecule has 1 aliphatic rings. The molecule has 0 fully saturated rings. The smallest absolute Gasteiger partial charge is 0.191 e. The van der Waals surface area contributed by atoms with E-state index in [2.05, 4.69) is 35.5 Å². The molecule has 2 N–H and O–H groups in total. The van der Waals surface area contributed by atoms with Crippen molar-refractivity contribution in [3.8, 4) is 6.07 Å². The van der Waals surface area contributed by atoms with Gasteiger partial charge in [-0.15, -0.1) is 0 Å². The molecule has 0 aromatic rings. The number of nitrogens with one attached hydrogen (secondary N) is 2. The van der Waals surface area contributed by atoms with Crippen LogP contribution in [-0.2, 0) is 0 Å². The Labute approximate surface area is 91.8 Å². The fraction of sp³-hybridized carbons (Fsp3) is 0.818. The average Bonchev–Trinajstić information content (AvgIpc) is 2.25. The molecule has 4 nitrogen and oxygen atoms in total. The highest BCUT2D eigenvalue weighted by molar-refractivity contribution is 5.80. The normalized spacial score (nSPS) is 16.2. The zero-order valence-electron chi connectivity index (χ0n) is 9.64. The van der Waals surface area contributed by atoms with E-state index in [0.29, 0.717) is 6.42 Å². The second kappa shape index (κ2) is 5.59. The highest BCUT2D eigenvalue weighted by atomic mass is 15.2. The summed E-state index contributed by atoms with van der Waals surface area (Å²) in [6.07, 6.45) is 2.65. The van der Waals surface area contributed by atoms with Gasteiger partial charge in [0, 0.05) is 26.1 Å². The highest BCUT2D eigenvalue weighted by Crippen LogP contribution is 2.20. The SMILES string of the molecule is CC(C)(CCC#N)CNC1=NCCCN1. The molecule has 0 aromatic carbocycles. The number of hydrogen-bond acceptors (Lipinski definition) is 4. The Morgan fingerprint density at radius 2 is 2.40 bits per heavy atom. The first-order valence-corrected chi connectivity index (χ1v) is 5.53. The van der Waals surface area contributed by atoms with Gasteiger partial charge in [0.2, 0.25) is 0 Å². The summed E-state index contributed by atoms with van der Waals surface area (Å²) >= 11 is 0. The van der Waals surface area contributed by atoms with E-state index in [-0.39, 0.29) is 5.41 Å². The van der Waals surface area contributed by atoms with Crippen LogP contribution in [0.4, 0.5) is 0 Å². The standard InChI is InChI=1S/C11H20N4/c1-11(2,5-3-6-12)9-15-10-13-7-4-8-14-10/h3-5,7-9H2,1-2H3,(H2,13,14,15). The quantitative estimate of drug-likeness (QED) is 0.731. The van der Waals surface area contributed by atoms with Crippen LogP contribution in [0.1, 0.15) is 33.1 Å². The van der Waals surface area contributed by atoms with Gasteiger partial charge in [-0.25, -0.2) is 0 Å². The maximum atomic E-state index is 8.54. The number of nitrogens with zero attached hydrogens (tertiary/aromatic N) is 2. The van der Waals surface area contributed by atoms with Gasteiger partial charge in [-0.2, -0.15) is 5.26 Å². The van der Waals surface area contributed by atoms with E-state index in [1.165, 1.54) is 0 Å². The van der Waals surface area contributed by atoms with Crippen LogP contribution in [0, 0.1) is 16.7 Å². The molecule has 84 valence electrons. The molecule has 0 saturated heterocycles. The minimum absolute atomic E-state index is 0.150. The van der Waals surface area contributed by atoms with Gasteiger partial charge in [0.05, 0.1) is 6.07 Å². The maximum absolute atomic E-state index is 8.54. The van der Waals surface area contributed by atoms with Crippen LogP contribution in [0.3, 0.4) is 0 Å². The van der Waals surface area contributed by atoms with E-state index >= 15 is 0 Å². The van der Waals surface area contributed by atoms with E-state index in [0.717, 1.165) is 38.4 Å². The topological polar surface area (TPSA) is 60.2 Å². The van der Waals surface area contributed by atoms with Gasteiger partial charge in [0.25, 0.3) is 0 Å². The predicted octanol–water partition coefficient (Wildman–Crippen LogP) is 1.26. The summed E-state index contributed by atoms with van der Waals surface area (Å²) < 4.78 is 0. The summed E-state index contributed by atoms with van der Waals surface area (Å²) in [5.74, 6) is 0.909. The lowest BCUT2D eigenvalue weighted by molar-refractivity contribution is 0.336. The largest absolute Gasteiger partial charge is 0.356 e. The van der Waals surface area contributed by atoms with Crippen LogP contribution in [0.15, 0.2) is 4.99 Å². The molecule has 1 heterocycles. The van der Waals surface area contributed by atoms with Crippen molar-refractivity contribution in [2.75, 3.05) is 19.6 Å². The van der Waals surface area contributed by atoms with Crippen molar-refractivity contribution >= 4 is 5.96 Å². The van der Waals surface area contributed by atoms with Crippen molar-refractivity contribution in [2.45, 2.75) is 33.1 Å². The van der Waals surface area contributed by atoms with Crippen LogP contribution in [0.25, 0.3) is 0 Å². The third-order valence-corrected chi connectivity index (χ3v) is 2.55. The van der Waals surface area contributed by atoms with Gasteiger partial charge >= 0.3 is 0 Å². The predicted molar refractivity (Wildman–Crippen MR) is 61.6 cm³/mol. The molecule has 0 bridgehead atoms. The molecule has 1 aliphatic heterocycles. The summed E-state index contributed by atoms with van der Waals surface area (Å²) in [6, 6.07) is 2.19. The minimum atomic E-state index is 0.150. The maximum Gasteiger partial charge on any atom is 0.191 e. The molecule has 0 spiro atoms. The first-order valence-electron chi connectivity index (χ1n) is 5.53. The number of aliphatic imine (C=N–C) groups is 1. The third kappa shape index (κ3) is 4.68. The summed E-state index contributed by atoms with van der Waals surface area (Å²) in [5, 5.41) is 15.1. The summed E-state index contributed by atoms with van der Waals surface area (Å²) in [7, 11) is 0. The summed E-state index contributed by atoms with van der Waals surface area (Å²) in [5.41, 5.74) is 0.150. The van der Waals surface area contributed by atoms with Crippen LogP contribution in [0.5, 0.6) is 0 Å². The fourth-order valence-corrected chi connectivity index (χ4v) is 1.46. The Bertz CT molecular complexity index is 262. The molecule has 0 saturated carbocycles. The van der Waals surface area contributed by atoms with Crippen LogP contribution in [-0.4, -0.2) is 25.6 Å². The molecular weight excluding hydrogens is 188 g/mol. The molecular formula is C11H20N4. The second-order valence-corrected chi connectivity index (χ2v) is 4.69. The van der Waals surface area contributed by atoms with Gasteiger partial charge in [-0.3, -0.25) is 4.99 Å². The van der Waals surface area contributed by atoms with Gasteiger partial charge in [-0.05, 0) is 18.3 Å². The summed E-state index contributed by atoms with van der Waals surface area (Å²) in [6.45, 7) is 7.11. The van der Waals surface area contributed by atoms with E-state index < -0.39 is 0 Å². The van der Waals surface area contributed by atoms with Gasteiger partial charge in [-0.1, -0.05) is 13.8 Å². The number of hydrogen-bond donors (Lipinski definition) is 2. The lowest BCUT2D eigenvalue weighted by atomic mass is 9.88. The minimum Gasteiger partial charge on any atom is -0.356 e. The second-order valence-electron chi connectivity index (χ2n) is 4.69. The van der Waals surface area contributed by atoms with Crippen LogP contribution in [0.2, 0.25) is 0 Å². The number of nitriles is 1. The van der Waals surface area contributed by atoms with Crippen LogP contribution >= 0.6 is 0 Å². The van der Waals surface area contributed by atoms with Gasteiger partial charge in [0.1, 0.15) is 0 Å². The van der Waals surface area contributed by atoms with Crippen LogP contribution < -0.4 is 10.6 Å². The first-order chi connectivity index (χ1) is 7.14. The third-order valence-electron chi connectivity index (χ3n) is 2.55. The molecule has 0 aromatic heterocycles. The summed E-state index contributed by atoms with van der Waals surface area (Å²) in [4.78, 5) is 4.34. The fourth-order valence-electron chi connectivity index (χ4n) is 1.46. The van der Waals surface area contributed by atoms with Crippen molar-refractivity contribution in [1.82, 2.24) is 10.6 Å². The molecule has 0 atom stereocenters. The zero-order valence-corrected chi connectivity index (χ0v) is 9.64. The van der Waals surface area contributed by atoms with E-state index in [4.69, 9.17) is 5.26 Å². The molecule has 0 radical (unpaired) electrons. The Kier molecular flexibility index (Phi) is 4.41. The highest BCUT2D eigenvalue weighted by Gasteiger charge is 2.18. The van der Waals surface area contributed by atoms with E-state index in [9.17, 15) is 0 Å². The first kappa shape index (κ1) is 11.8. The lowest BCUT2D eigenvalue weighted by Crippen LogP contribution is -2.44. The molecule has 4 heteroatoms. The van der Waals surface area contributed by atoms with Crippen molar-refractivity contribution in [3.63, 3.8) is 0 Å². The van der Waals surface area contributed by atoms with Gasteiger partial charge < -0.3 is 10.6 Å². The van der Waals surface area contributed by atoms with Crippen molar-refractivity contribution in [3.05, 3.63) is 0 Å². The monoisotopic (exact) mass is 208 g/mol. The molecule has 0 amide bonds. The van der Waals surface area contributed by atoms with Gasteiger partial charge in [0.15, 0.2) is 5.96 Å². The Morgan fingerprint density at radius 3 is 3.00 bits per heavy atom. The van der Waals surface area contributed by atoms with Crippen molar-refractivity contribution in [1.29, 1.82) is 5.26 Å². The molecule has 1 rings (SSSR count). The number of guanidine groups is 1. The zero-order chi connectivity index (χ0) is 11.1. The lowest BCUT2D eigenvalue weighted by Gasteiger charge is -2.26. The Hall–Kier alpha value is -1.24. The Balaban J connectivity index is 2.28. The van der Waals surface area contributed by atoms with E-state index in [1.807, 2.05) is 0 Å². The molecule has 15 heavy (non-hydrogen) atoms. The Morgan fingerprint density at radius 1 is 1.60 bits per heavy atom. The average molecular weight is 208 g/mol. The molecule has 0 aliphatic carbocycles. The van der Waals surface area contributed by atoms with Crippen molar-refractivity contribution < 1.29 is 0 Å².